The summed E-state index contributed by atoms with van der Waals surface area (Å²) in [6.45, 7) is 12.6. The third-order valence-electron chi connectivity index (χ3n) is 6.42. The number of aliphatic hydroxyl groups excluding tert-OH is 1. The van der Waals surface area contributed by atoms with Crippen molar-refractivity contribution >= 4 is 0 Å². The lowest BCUT2D eigenvalue weighted by Gasteiger charge is -2.30. The molecule has 2 fully saturated rings. The molecule has 1 saturated heterocycles. The van der Waals surface area contributed by atoms with Crippen LogP contribution < -0.4 is 0 Å². The Morgan fingerprint density at radius 2 is 2.00 bits per heavy atom. The number of hydrogen-bond donors (Lipinski definition) is 2. The fourth-order valence-corrected chi connectivity index (χ4v) is 4.72. The van der Waals surface area contributed by atoms with Crippen molar-refractivity contribution in [3.8, 4) is 0 Å². The van der Waals surface area contributed by atoms with E-state index in [4.69, 9.17) is 4.74 Å². The largest absolute Gasteiger partial charge is 0.390 e. The van der Waals surface area contributed by atoms with Crippen molar-refractivity contribution in [1.82, 2.24) is 0 Å². The number of aliphatic hydroxyl groups is 2. The summed E-state index contributed by atoms with van der Waals surface area (Å²) in [7, 11) is 0. The second kappa shape index (κ2) is 5.72. The Bertz CT molecular complexity index is 519. The molecule has 130 valence electrons. The van der Waals surface area contributed by atoms with Crippen LogP contribution in [-0.4, -0.2) is 33.6 Å². The number of hydrogen-bond acceptors (Lipinski definition) is 3. The topological polar surface area (TPSA) is 53.0 Å². The molecule has 1 heterocycles. The van der Waals surface area contributed by atoms with Crippen molar-refractivity contribution in [3.63, 3.8) is 0 Å². The Morgan fingerprint density at radius 3 is 2.65 bits per heavy atom. The van der Waals surface area contributed by atoms with Gasteiger partial charge >= 0.3 is 0 Å². The minimum Gasteiger partial charge on any atom is -0.390 e. The van der Waals surface area contributed by atoms with Gasteiger partial charge in [-0.25, -0.2) is 0 Å². The Labute approximate surface area is 140 Å². The predicted octanol–water partition coefficient (Wildman–Crippen LogP) is 3.60. The predicted molar refractivity (Wildman–Crippen MR) is 92.0 cm³/mol. The van der Waals surface area contributed by atoms with Gasteiger partial charge in [0.05, 0.1) is 23.4 Å². The number of fused-ring (bicyclic) bond motifs is 2. The molecule has 1 aliphatic heterocycles. The maximum Gasteiger partial charge on any atom is 0.0948 e. The van der Waals surface area contributed by atoms with E-state index >= 15 is 0 Å². The third-order valence-corrected chi connectivity index (χ3v) is 6.42. The molecule has 3 nitrogen and oxygen atoms in total. The first-order valence-electron chi connectivity index (χ1n) is 9.11. The Kier molecular flexibility index (Phi) is 4.27. The highest BCUT2D eigenvalue weighted by molar-refractivity contribution is 5.24. The van der Waals surface area contributed by atoms with Gasteiger partial charge < -0.3 is 14.9 Å². The van der Waals surface area contributed by atoms with E-state index in [9.17, 15) is 10.2 Å². The van der Waals surface area contributed by atoms with E-state index in [1.165, 1.54) is 5.57 Å². The number of ether oxygens (including phenoxy) is 1. The highest BCUT2D eigenvalue weighted by atomic mass is 16.6. The molecule has 0 aromatic carbocycles. The molecule has 0 aromatic rings. The van der Waals surface area contributed by atoms with Crippen LogP contribution in [0.3, 0.4) is 0 Å². The van der Waals surface area contributed by atoms with Gasteiger partial charge in [-0.1, -0.05) is 32.1 Å². The summed E-state index contributed by atoms with van der Waals surface area (Å²) in [6, 6.07) is 0. The number of rotatable bonds is 1. The third kappa shape index (κ3) is 3.16. The van der Waals surface area contributed by atoms with E-state index < -0.39 is 11.7 Å². The molecule has 6 atom stereocenters. The fourth-order valence-electron chi connectivity index (χ4n) is 4.72. The molecule has 23 heavy (non-hydrogen) atoms. The lowest BCUT2D eigenvalue weighted by atomic mass is 9.79. The van der Waals surface area contributed by atoms with Gasteiger partial charge in [-0.2, -0.15) is 0 Å². The smallest absolute Gasteiger partial charge is 0.0948 e. The van der Waals surface area contributed by atoms with Crippen molar-refractivity contribution in [2.75, 3.05) is 0 Å². The SMILES string of the molecule is C=C1CCC2OC2(C)CC(O)C(C(C)C)=CC2C1CCC2(C)O. The average molecular weight is 320 g/mol. The van der Waals surface area contributed by atoms with E-state index in [1.807, 2.05) is 6.92 Å². The van der Waals surface area contributed by atoms with Crippen LogP contribution in [0.4, 0.5) is 0 Å². The van der Waals surface area contributed by atoms with Crippen molar-refractivity contribution < 1.29 is 14.9 Å². The molecule has 0 spiro atoms. The summed E-state index contributed by atoms with van der Waals surface area (Å²) in [5.74, 6) is 0.635. The Balaban J connectivity index is 1.98. The number of allylic oxidation sites excluding steroid dienone is 1. The summed E-state index contributed by atoms with van der Waals surface area (Å²) in [5.41, 5.74) is 1.38. The highest BCUT2D eigenvalue weighted by Crippen LogP contribution is 2.50. The van der Waals surface area contributed by atoms with Gasteiger partial charge in [0, 0.05) is 12.3 Å². The summed E-state index contributed by atoms with van der Waals surface area (Å²) >= 11 is 0. The van der Waals surface area contributed by atoms with Crippen molar-refractivity contribution in [2.45, 2.75) is 83.2 Å². The summed E-state index contributed by atoms with van der Waals surface area (Å²) in [5, 5.41) is 21.7. The van der Waals surface area contributed by atoms with Gasteiger partial charge in [-0.05, 0) is 56.9 Å². The van der Waals surface area contributed by atoms with E-state index in [0.29, 0.717) is 12.3 Å². The van der Waals surface area contributed by atoms with Crippen molar-refractivity contribution in [2.24, 2.45) is 17.8 Å². The van der Waals surface area contributed by atoms with Gasteiger partial charge in [0.1, 0.15) is 0 Å². The van der Waals surface area contributed by atoms with E-state index in [0.717, 1.165) is 31.3 Å². The molecule has 0 aromatic heterocycles. The molecule has 0 radical (unpaired) electrons. The molecule has 1 saturated carbocycles. The molecule has 6 unspecified atom stereocenters. The fraction of sp³-hybridized carbons (Fsp3) is 0.800. The van der Waals surface area contributed by atoms with Crippen LogP contribution in [0.5, 0.6) is 0 Å². The van der Waals surface area contributed by atoms with Crippen molar-refractivity contribution in [3.05, 3.63) is 23.8 Å². The number of epoxide rings is 1. The van der Waals surface area contributed by atoms with Gasteiger partial charge in [-0.3, -0.25) is 0 Å². The molecule has 0 bridgehead atoms. The molecule has 3 heteroatoms. The summed E-state index contributed by atoms with van der Waals surface area (Å²) < 4.78 is 5.90. The second-order valence-corrected chi connectivity index (χ2v) is 8.69. The minimum absolute atomic E-state index is 0.0604. The normalized spacial score (nSPS) is 47.6. The first kappa shape index (κ1) is 17.2. The first-order valence-corrected chi connectivity index (χ1v) is 9.11. The average Bonchev–Trinajstić information content (AvgIpc) is 2.96. The zero-order valence-corrected chi connectivity index (χ0v) is 15.0. The minimum atomic E-state index is -0.704. The molecular weight excluding hydrogens is 288 g/mol. The van der Waals surface area contributed by atoms with Gasteiger partial charge in [0.15, 0.2) is 0 Å². The molecule has 3 aliphatic rings. The van der Waals surface area contributed by atoms with Crippen LogP contribution in [0.25, 0.3) is 0 Å². The first-order chi connectivity index (χ1) is 10.6. The van der Waals surface area contributed by atoms with E-state index in [1.54, 1.807) is 0 Å². The summed E-state index contributed by atoms with van der Waals surface area (Å²) in [4.78, 5) is 0. The molecule has 0 amide bonds. The van der Waals surface area contributed by atoms with E-state index in [2.05, 4.69) is 33.4 Å². The Morgan fingerprint density at radius 1 is 1.30 bits per heavy atom. The van der Waals surface area contributed by atoms with Gasteiger partial charge in [-0.15, -0.1) is 0 Å². The van der Waals surface area contributed by atoms with Crippen LogP contribution in [0.2, 0.25) is 0 Å². The van der Waals surface area contributed by atoms with Crippen LogP contribution in [0.15, 0.2) is 23.8 Å². The monoisotopic (exact) mass is 320 g/mol. The maximum atomic E-state index is 10.9. The molecule has 3 rings (SSSR count). The summed E-state index contributed by atoms with van der Waals surface area (Å²) in [6.07, 6.45) is 6.28. The van der Waals surface area contributed by atoms with Gasteiger partial charge in [0.2, 0.25) is 0 Å². The van der Waals surface area contributed by atoms with Gasteiger partial charge in [0.25, 0.3) is 0 Å². The van der Waals surface area contributed by atoms with Crippen LogP contribution in [0, 0.1) is 17.8 Å². The lowest BCUT2D eigenvalue weighted by Crippen LogP contribution is -2.32. The molecule has 2 aliphatic carbocycles. The molecule has 2 N–H and O–H groups in total. The van der Waals surface area contributed by atoms with Crippen LogP contribution in [-0.2, 0) is 4.74 Å². The van der Waals surface area contributed by atoms with E-state index in [-0.39, 0.29) is 23.5 Å². The zero-order chi connectivity index (χ0) is 17.0. The lowest BCUT2D eigenvalue weighted by molar-refractivity contribution is 0.0317. The quantitative estimate of drug-likeness (QED) is 0.573. The van der Waals surface area contributed by atoms with Crippen LogP contribution >= 0.6 is 0 Å². The second-order valence-electron chi connectivity index (χ2n) is 8.69. The maximum absolute atomic E-state index is 10.9. The standard InChI is InChI=1S/C20H32O3/c1-12(2)15-10-16-14(8-9-19(16,4)22)13(3)6-7-18-20(5,23-18)11-17(15)21/h10,12,14,16-18,21-22H,3,6-9,11H2,1-2,4-5H3. The van der Waals surface area contributed by atoms with Crippen LogP contribution in [0.1, 0.15) is 59.8 Å². The highest BCUT2D eigenvalue weighted by Gasteiger charge is 2.54. The zero-order valence-electron chi connectivity index (χ0n) is 15.0. The molecular formula is C20H32O3. The Hall–Kier alpha value is -0.640. The van der Waals surface area contributed by atoms with Crippen molar-refractivity contribution in [1.29, 1.82) is 0 Å².